The normalized spacial score (nSPS) is 10.8. The summed E-state index contributed by atoms with van der Waals surface area (Å²) in [5, 5.41) is 4.47. The van der Waals surface area contributed by atoms with E-state index in [9.17, 15) is 4.39 Å². The third kappa shape index (κ3) is 2.39. The third-order valence-electron chi connectivity index (χ3n) is 2.94. The fraction of sp³-hybridized carbons (Fsp3) is 0.0714. The summed E-state index contributed by atoms with van der Waals surface area (Å²) in [6, 6.07) is 8.44. The Balaban J connectivity index is 1.82. The van der Waals surface area contributed by atoms with Gasteiger partial charge in [-0.25, -0.2) is 9.37 Å². The largest absolute Gasteiger partial charge is 0.379 e. The van der Waals surface area contributed by atoms with Crippen molar-refractivity contribution >= 4 is 28.3 Å². The maximum atomic E-state index is 13.6. The molecule has 2 aromatic heterocycles. The molecule has 3 aromatic rings. The third-order valence-corrected chi connectivity index (χ3v) is 3.17. The van der Waals surface area contributed by atoms with Crippen LogP contribution in [0.4, 0.5) is 10.1 Å². The summed E-state index contributed by atoms with van der Waals surface area (Å²) in [6.07, 6.45) is 3.60. The van der Waals surface area contributed by atoms with Crippen LogP contribution >= 0.6 is 11.6 Å². The number of nitrogens with zero attached hydrogens (tertiary/aromatic N) is 1. The zero-order valence-corrected chi connectivity index (χ0v) is 10.7. The number of hydrogen-bond donors (Lipinski definition) is 2. The second-order valence-corrected chi connectivity index (χ2v) is 4.63. The van der Waals surface area contributed by atoms with E-state index in [0.29, 0.717) is 17.3 Å². The summed E-state index contributed by atoms with van der Waals surface area (Å²) in [7, 11) is 0. The number of anilines is 1. The van der Waals surface area contributed by atoms with Crippen molar-refractivity contribution < 1.29 is 4.39 Å². The summed E-state index contributed by atoms with van der Waals surface area (Å²) in [5.41, 5.74) is 2.30. The minimum atomic E-state index is -0.356. The van der Waals surface area contributed by atoms with Gasteiger partial charge in [0.1, 0.15) is 11.5 Å². The number of pyridine rings is 1. The molecule has 2 heterocycles. The van der Waals surface area contributed by atoms with Crippen LogP contribution < -0.4 is 5.32 Å². The minimum Gasteiger partial charge on any atom is -0.379 e. The number of aromatic amines is 1. The molecule has 19 heavy (non-hydrogen) atoms. The van der Waals surface area contributed by atoms with Crippen LogP contribution in [0.2, 0.25) is 5.02 Å². The standard InChI is InChI=1S/C14H11ClFN3/c15-10-3-4-13(12(16)6-10)18-7-9-8-19-14-11(9)2-1-5-17-14/h1-6,8,18H,7H2,(H,17,19). The van der Waals surface area contributed by atoms with E-state index in [2.05, 4.69) is 15.3 Å². The number of nitrogens with one attached hydrogen (secondary N) is 2. The van der Waals surface area contributed by atoms with Crippen LogP contribution in [-0.2, 0) is 6.54 Å². The van der Waals surface area contributed by atoms with Gasteiger partial charge in [-0.05, 0) is 35.9 Å². The number of aromatic nitrogens is 2. The number of H-pyrrole nitrogens is 1. The average Bonchev–Trinajstić information content (AvgIpc) is 2.81. The molecule has 0 amide bonds. The molecule has 0 saturated heterocycles. The van der Waals surface area contributed by atoms with Crippen LogP contribution in [-0.4, -0.2) is 9.97 Å². The minimum absolute atomic E-state index is 0.356. The SMILES string of the molecule is Fc1cc(Cl)ccc1NCc1c[nH]c2ncccc12. The van der Waals surface area contributed by atoms with E-state index in [0.717, 1.165) is 16.6 Å². The Labute approximate surface area is 114 Å². The molecular weight excluding hydrogens is 265 g/mol. The average molecular weight is 276 g/mol. The van der Waals surface area contributed by atoms with Gasteiger partial charge >= 0.3 is 0 Å². The smallest absolute Gasteiger partial charge is 0.147 e. The Bertz CT molecular complexity index is 724. The van der Waals surface area contributed by atoms with Gasteiger partial charge in [0.15, 0.2) is 0 Å². The Morgan fingerprint density at radius 2 is 2.21 bits per heavy atom. The Hall–Kier alpha value is -2.07. The monoisotopic (exact) mass is 275 g/mol. The van der Waals surface area contributed by atoms with Gasteiger partial charge in [0.25, 0.3) is 0 Å². The topological polar surface area (TPSA) is 40.7 Å². The van der Waals surface area contributed by atoms with Gasteiger partial charge in [-0.2, -0.15) is 0 Å². The van der Waals surface area contributed by atoms with E-state index in [1.165, 1.54) is 6.07 Å². The van der Waals surface area contributed by atoms with Gasteiger partial charge in [0.2, 0.25) is 0 Å². The van der Waals surface area contributed by atoms with Gasteiger partial charge in [-0.15, -0.1) is 0 Å². The zero-order valence-electron chi connectivity index (χ0n) is 9.95. The van der Waals surface area contributed by atoms with Gasteiger partial charge < -0.3 is 10.3 Å². The van der Waals surface area contributed by atoms with Crippen LogP contribution in [0.5, 0.6) is 0 Å². The van der Waals surface area contributed by atoms with E-state index in [1.807, 2.05) is 18.3 Å². The molecule has 3 rings (SSSR count). The summed E-state index contributed by atoms with van der Waals surface area (Å²) in [4.78, 5) is 7.29. The fourth-order valence-electron chi connectivity index (χ4n) is 1.98. The molecular formula is C14H11ClFN3. The molecule has 2 N–H and O–H groups in total. The lowest BCUT2D eigenvalue weighted by Gasteiger charge is -2.07. The fourth-order valence-corrected chi connectivity index (χ4v) is 2.14. The molecule has 0 aliphatic rings. The Kier molecular flexibility index (Phi) is 3.09. The van der Waals surface area contributed by atoms with Crippen molar-refractivity contribution in [3.05, 3.63) is 59.1 Å². The van der Waals surface area contributed by atoms with Gasteiger partial charge in [-0.3, -0.25) is 0 Å². The first-order valence-electron chi connectivity index (χ1n) is 5.84. The summed E-state index contributed by atoms with van der Waals surface area (Å²) in [5.74, 6) is -0.356. The molecule has 0 saturated carbocycles. The molecule has 0 fully saturated rings. The van der Waals surface area contributed by atoms with Crippen LogP contribution in [0.3, 0.4) is 0 Å². The van der Waals surface area contributed by atoms with Gasteiger partial charge in [-0.1, -0.05) is 11.6 Å². The highest BCUT2D eigenvalue weighted by Crippen LogP contribution is 2.21. The number of benzene rings is 1. The first-order chi connectivity index (χ1) is 9.24. The quantitative estimate of drug-likeness (QED) is 0.759. The van der Waals surface area contributed by atoms with Crippen molar-refractivity contribution in [1.82, 2.24) is 9.97 Å². The highest BCUT2D eigenvalue weighted by Gasteiger charge is 2.06. The molecule has 3 nitrogen and oxygen atoms in total. The van der Waals surface area contributed by atoms with Crippen molar-refractivity contribution in [1.29, 1.82) is 0 Å². The molecule has 0 spiro atoms. The van der Waals surface area contributed by atoms with Crippen molar-refractivity contribution in [3.8, 4) is 0 Å². The van der Waals surface area contributed by atoms with Crippen LogP contribution in [0.25, 0.3) is 11.0 Å². The second-order valence-electron chi connectivity index (χ2n) is 4.19. The van der Waals surface area contributed by atoms with Crippen molar-refractivity contribution in [2.24, 2.45) is 0 Å². The maximum Gasteiger partial charge on any atom is 0.147 e. The van der Waals surface area contributed by atoms with E-state index in [1.54, 1.807) is 18.3 Å². The van der Waals surface area contributed by atoms with E-state index >= 15 is 0 Å². The number of rotatable bonds is 3. The first-order valence-corrected chi connectivity index (χ1v) is 6.22. The van der Waals surface area contributed by atoms with Crippen molar-refractivity contribution in [2.45, 2.75) is 6.54 Å². The number of halogens is 2. The molecule has 96 valence electrons. The molecule has 0 atom stereocenters. The Morgan fingerprint density at radius 1 is 1.32 bits per heavy atom. The highest BCUT2D eigenvalue weighted by atomic mass is 35.5. The Morgan fingerprint density at radius 3 is 3.05 bits per heavy atom. The number of fused-ring (bicyclic) bond motifs is 1. The van der Waals surface area contributed by atoms with Crippen LogP contribution in [0.15, 0.2) is 42.7 Å². The first kappa shape index (κ1) is 12.0. The summed E-state index contributed by atoms with van der Waals surface area (Å²) < 4.78 is 13.6. The lowest BCUT2D eigenvalue weighted by molar-refractivity contribution is 0.630. The lowest BCUT2D eigenvalue weighted by atomic mass is 10.2. The predicted octanol–water partition coefficient (Wildman–Crippen LogP) is 3.97. The molecule has 0 bridgehead atoms. The highest BCUT2D eigenvalue weighted by molar-refractivity contribution is 6.30. The van der Waals surface area contributed by atoms with Crippen molar-refractivity contribution in [2.75, 3.05) is 5.32 Å². The maximum absolute atomic E-state index is 13.6. The number of hydrogen-bond acceptors (Lipinski definition) is 2. The molecule has 1 aromatic carbocycles. The van der Waals surface area contributed by atoms with E-state index in [4.69, 9.17) is 11.6 Å². The molecule has 0 radical (unpaired) electrons. The molecule has 0 unspecified atom stereocenters. The van der Waals surface area contributed by atoms with Gasteiger partial charge in [0.05, 0.1) is 5.69 Å². The van der Waals surface area contributed by atoms with E-state index < -0.39 is 0 Å². The van der Waals surface area contributed by atoms with E-state index in [-0.39, 0.29) is 5.82 Å². The van der Waals surface area contributed by atoms with Gasteiger partial charge in [0, 0.05) is 29.3 Å². The summed E-state index contributed by atoms with van der Waals surface area (Å²) >= 11 is 5.71. The molecule has 0 aliphatic heterocycles. The summed E-state index contributed by atoms with van der Waals surface area (Å²) in [6.45, 7) is 0.518. The molecule has 0 aliphatic carbocycles. The van der Waals surface area contributed by atoms with Crippen LogP contribution in [0.1, 0.15) is 5.56 Å². The second kappa shape index (κ2) is 4.90. The zero-order chi connectivity index (χ0) is 13.2. The van der Waals surface area contributed by atoms with Crippen LogP contribution in [0, 0.1) is 5.82 Å². The van der Waals surface area contributed by atoms with Crippen molar-refractivity contribution in [3.63, 3.8) is 0 Å². The lowest BCUT2D eigenvalue weighted by Crippen LogP contribution is -2.00. The molecule has 5 heteroatoms. The predicted molar refractivity (Wildman–Crippen MR) is 74.8 cm³/mol.